The van der Waals surface area contributed by atoms with Crippen molar-refractivity contribution in [3.8, 4) is 12.5 Å². The van der Waals surface area contributed by atoms with Crippen LogP contribution in [0.2, 0.25) is 0 Å². The second-order valence-electron chi connectivity index (χ2n) is 5.74. The maximum atomic E-state index is 12.2. The lowest BCUT2D eigenvalue weighted by Gasteiger charge is -2.25. The molecule has 0 radical (unpaired) electrons. The van der Waals surface area contributed by atoms with Crippen molar-refractivity contribution in [3.63, 3.8) is 0 Å². The van der Waals surface area contributed by atoms with E-state index in [1.54, 1.807) is 13.0 Å². The van der Waals surface area contributed by atoms with E-state index in [0.29, 0.717) is 23.4 Å². The van der Waals surface area contributed by atoms with Gasteiger partial charge in [0.1, 0.15) is 0 Å². The van der Waals surface area contributed by atoms with Gasteiger partial charge in [-0.15, -0.1) is 0 Å². The van der Waals surface area contributed by atoms with Crippen LogP contribution in [0.15, 0.2) is 11.1 Å². The summed E-state index contributed by atoms with van der Waals surface area (Å²) in [5, 5.41) is 0. The maximum Gasteiger partial charge on any atom is 0.421 e. The van der Waals surface area contributed by atoms with Crippen molar-refractivity contribution in [1.29, 1.82) is 0 Å². The number of nitrogens with zero attached hydrogens (tertiary/aromatic N) is 3. The highest BCUT2D eigenvalue weighted by molar-refractivity contribution is 6.02. The zero-order chi connectivity index (χ0) is 18.6. The number of hydrogen-bond donors (Lipinski definition) is 2. The molecule has 1 aliphatic carbocycles. The first-order chi connectivity index (χ1) is 11.9. The fraction of sp³-hybridized carbons (Fsp3) is 0.412. The number of aromatic nitrogens is 1. The molecular formula is C17H21N5O3. The smallest absolute Gasteiger partial charge is 0.421 e. The van der Waals surface area contributed by atoms with Crippen LogP contribution in [0.5, 0.6) is 0 Å². The van der Waals surface area contributed by atoms with Gasteiger partial charge in [-0.3, -0.25) is 9.78 Å². The second kappa shape index (κ2) is 7.66. The number of methoxy groups -OCH3 is 1. The molecule has 4 N–H and O–H groups in total. The summed E-state index contributed by atoms with van der Waals surface area (Å²) in [5.74, 6) is -0.850. The Morgan fingerprint density at radius 1 is 1.44 bits per heavy atom. The van der Waals surface area contributed by atoms with Gasteiger partial charge >= 0.3 is 6.09 Å². The lowest BCUT2D eigenvalue weighted by atomic mass is 10.0. The molecule has 0 aromatic carbocycles. The highest BCUT2D eigenvalue weighted by atomic mass is 16.5. The molecule has 1 unspecified atom stereocenters. The first-order valence-electron chi connectivity index (χ1n) is 7.86. The molecule has 0 saturated carbocycles. The largest absolute Gasteiger partial charge is 0.452 e. The van der Waals surface area contributed by atoms with Crippen LogP contribution in [-0.2, 0) is 11.2 Å². The maximum absolute atomic E-state index is 12.2. The predicted octanol–water partition coefficient (Wildman–Crippen LogP) is 1.23. The molecule has 1 aromatic rings. The number of rotatable bonds is 2. The minimum Gasteiger partial charge on any atom is -0.452 e. The van der Waals surface area contributed by atoms with Crippen LogP contribution >= 0.6 is 0 Å². The highest BCUT2D eigenvalue weighted by Crippen LogP contribution is 2.33. The SMILES string of the molecule is C#CN(C(=O)OC)C1CCCCc2cc(C(=O)N=C(N)N)c(C)nc21. The van der Waals surface area contributed by atoms with Crippen LogP contribution in [0, 0.1) is 19.4 Å². The number of amides is 2. The average molecular weight is 343 g/mol. The Labute approximate surface area is 146 Å². The Kier molecular flexibility index (Phi) is 5.60. The van der Waals surface area contributed by atoms with E-state index in [2.05, 4.69) is 16.0 Å². The van der Waals surface area contributed by atoms with Crippen molar-refractivity contribution in [2.75, 3.05) is 7.11 Å². The molecule has 1 heterocycles. The van der Waals surface area contributed by atoms with Crippen molar-refractivity contribution in [2.45, 2.75) is 38.6 Å². The molecule has 1 aromatic heterocycles. The van der Waals surface area contributed by atoms with Gasteiger partial charge in [-0.1, -0.05) is 12.8 Å². The number of nitrogens with two attached hydrogens (primary N) is 2. The van der Waals surface area contributed by atoms with E-state index in [1.807, 2.05) is 0 Å². The topological polar surface area (TPSA) is 124 Å². The van der Waals surface area contributed by atoms with Gasteiger partial charge in [0.2, 0.25) is 0 Å². The van der Waals surface area contributed by atoms with E-state index in [0.717, 1.165) is 24.8 Å². The van der Waals surface area contributed by atoms with Crippen LogP contribution in [0.25, 0.3) is 0 Å². The van der Waals surface area contributed by atoms with Gasteiger partial charge in [-0.05, 0) is 37.8 Å². The summed E-state index contributed by atoms with van der Waals surface area (Å²) >= 11 is 0. The molecule has 8 nitrogen and oxygen atoms in total. The molecule has 0 bridgehead atoms. The third-order valence-corrected chi connectivity index (χ3v) is 4.10. The minimum atomic E-state index is -0.611. The number of guanidine groups is 1. The fourth-order valence-electron chi connectivity index (χ4n) is 2.96. The summed E-state index contributed by atoms with van der Waals surface area (Å²) < 4.78 is 4.77. The normalized spacial score (nSPS) is 16.0. The number of carbonyl (C=O) groups excluding carboxylic acids is 2. The van der Waals surface area contributed by atoms with E-state index in [1.165, 1.54) is 12.0 Å². The van der Waals surface area contributed by atoms with Crippen molar-refractivity contribution >= 4 is 18.0 Å². The van der Waals surface area contributed by atoms with Crippen LogP contribution in [0.4, 0.5) is 4.79 Å². The average Bonchev–Trinajstić information content (AvgIpc) is 2.76. The molecule has 132 valence electrons. The molecule has 2 rings (SSSR count). The first-order valence-corrected chi connectivity index (χ1v) is 7.86. The molecule has 25 heavy (non-hydrogen) atoms. The monoisotopic (exact) mass is 343 g/mol. The predicted molar refractivity (Wildman–Crippen MR) is 92.5 cm³/mol. The summed E-state index contributed by atoms with van der Waals surface area (Å²) in [5.41, 5.74) is 12.9. The van der Waals surface area contributed by atoms with Gasteiger partial charge in [0.15, 0.2) is 5.96 Å². The van der Waals surface area contributed by atoms with Crippen molar-refractivity contribution in [1.82, 2.24) is 9.88 Å². The summed E-state index contributed by atoms with van der Waals surface area (Å²) in [6, 6.07) is 3.70. The van der Waals surface area contributed by atoms with E-state index in [4.69, 9.17) is 22.6 Å². The summed E-state index contributed by atoms with van der Waals surface area (Å²) in [6.45, 7) is 1.69. The number of aryl methyl sites for hydroxylation is 2. The molecule has 0 aliphatic heterocycles. The van der Waals surface area contributed by atoms with Crippen LogP contribution < -0.4 is 11.5 Å². The Morgan fingerprint density at radius 2 is 2.16 bits per heavy atom. The Bertz CT molecular complexity index is 762. The second-order valence-corrected chi connectivity index (χ2v) is 5.74. The molecule has 8 heteroatoms. The number of carbonyl (C=O) groups is 2. The number of pyridine rings is 1. The zero-order valence-corrected chi connectivity index (χ0v) is 14.3. The molecule has 1 aliphatic rings. The van der Waals surface area contributed by atoms with E-state index >= 15 is 0 Å². The van der Waals surface area contributed by atoms with E-state index < -0.39 is 18.0 Å². The fourth-order valence-corrected chi connectivity index (χ4v) is 2.96. The van der Waals surface area contributed by atoms with E-state index in [-0.39, 0.29) is 5.96 Å². The number of terminal acetylenes is 1. The summed E-state index contributed by atoms with van der Waals surface area (Å²) in [7, 11) is 1.28. The Hall–Kier alpha value is -3.08. The summed E-state index contributed by atoms with van der Waals surface area (Å²) in [4.78, 5) is 33.5. The Morgan fingerprint density at radius 3 is 2.76 bits per heavy atom. The highest BCUT2D eigenvalue weighted by Gasteiger charge is 2.30. The van der Waals surface area contributed by atoms with Crippen LogP contribution in [0.3, 0.4) is 0 Å². The van der Waals surface area contributed by atoms with Gasteiger partial charge in [0.25, 0.3) is 5.91 Å². The lowest BCUT2D eigenvalue weighted by Crippen LogP contribution is -2.31. The molecule has 2 amide bonds. The van der Waals surface area contributed by atoms with Crippen molar-refractivity contribution < 1.29 is 14.3 Å². The van der Waals surface area contributed by atoms with Crippen molar-refractivity contribution in [3.05, 3.63) is 28.6 Å². The van der Waals surface area contributed by atoms with Gasteiger partial charge in [-0.2, -0.15) is 4.99 Å². The number of aliphatic imine (C=N–C) groups is 1. The molecular weight excluding hydrogens is 322 g/mol. The van der Waals surface area contributed by atoms with Gasteiger partial charge in [0, 0.05) is 6.04 Å². The molecule has 0 saturated heterocycles. The van der Waals surface area contributed by atoms with E-state index in [9.17, 15) is 9.59 Å². The number of fused-ring (bicyclic) bond motifs is 1. The Balaban J connectivity index is 2.52. The standard InChI is InChI=1S/C17H21N5O3/c1-4-22(17(24)25-3)13-8-6-5-7-11-9-12(10(2)20-14(11)13)15(23)21-16(18)19/h1,9,13H,5-8H2,2-3H3,(H4,18,19,21,23). The third kappa shape index (κ3) is 3.88. The summed E-state index contributed by atoms with van der Waals surface area (Å²) in [6.07, 6.45) is 8.05. The molecule has 0 fully saturated rings. The lowest BCUT2D eigenvalue weighted by molar-refractivity contribution is 0.100. The number of hydrogen-bond acceptors (Lipinski definition) is 4. The zero-order valence-electron chi connectivity index (χ0n) is 14.3. The minimum absolute atomic E-state index is 0.304. The molecule has 0 spiro atoms. The van der Waals surface area contributed by atoms with Crippen LogP contribution in [0.1, 0.15) is 52.6 Å². The van der Waals surface area contributed by atoms with Crippen molar-refractivity contribution in [2.24, 2.45) is 16.5 Å². The van der Waals surface area contributed by atoms with Gasteiger partial charge in [0.05, 0.1) is 30.1 Å². The van der Waals surface area contributed by atoms with Gasteiger partial charge < -0.3 is 16.2 Å². The van der Waals surface area contributed by atoms with Crippen LogP contribution in [-0.4, -0.2) is 35.0 Å². The quantitative estimate of drug-likeness (QED) is 0.274. The number of ether oxygens (including phenoxy) is 1. The molecule has 1 atom stereocenters. The first kappa shape index (κ1) is 18.3. The third-order valence-electron chi connectivity index (χ3n) is 4.10. The van der Waals surface area contributed by atoms with Gasteiger partial charge in [-0.25, -0.2) is 9.69 Å².